The fourth-order valence-corrected chi connectivity index (χ4v) is 15.4. The van der Waals surface area contributed by atoms with Crippen molar-refractivity contribution >= 4 is 33.5 Å². The van der Waals surface area contributed by atoms with Crippen LogP contribution >= 0.6 is 15.6 Å². The molecule has 0 spiro atoms. The Labute approximate surface area is 698 Å². The minimum Gasteiger partial charge on any atom is -0.647 e. The van der Waals surface area contributed by atoms with Gasteiger partial charge in [0.05, 0.1) is 25.0 Å². The van der Waals surface area contributed by atoms with E-state index in [1.807, 2.05) is 0 Å². The number of carbonyl (C=O) groups is 3. The molecule has 0 aliphatic heterocycles. The SMILES string of the molecule is CCCCCCCCCCCCCC(=O)[N-][C@H](COCC[C@H](CCCCCCC)CCCCCCCCCCCCC)COP(=O)(O)OCCNC(=O)NCCOP(=O)(O)OC[C@@H](COCC[C@H](CCCCCCC)CCCCCCCCCCCCC)[N-]C(=O)CCCCCCCCCCCCC.[Na+].[Na+]. The minimum absolute atomic E-state index is 0. The van der Waals surface area contributed by atoms with Crippen LogP contribution < -0.4 is 69.7 Å². The van der Waals surface area contributed by atoms with Gasteiger partial charge in [0.2, 0.25) is 0 Å². The standard InChI is InChI=1S/C85H172N4O13P2.2Na/c1-7-13-19-25-29-33-37-41-45-51-57-63-79(61-55-49-23-17-11-5)67-71-97-75-81(88-83(90)65-59-53-47-43-39-35-31-27-21-15-9-3)77-101-103(93,94)99-73-69-86-85(92)87-70-74-100-104(95,96)102-78-82(89-84(91)66-60-54-48-44-40-36-32-28-22-16-10-4)76-98-72-68-80(62-56-50-24-18-12-6)64-58-52-46-42-38-34-30-26-20-14-8-2;;/h79-82H,7-78H2,1-6H3,(H6,86,87,88,89,90,91,92,93,94,95,96);;/q;2*+1/p-2/t79-,80-,81-,82-;;/m1../s1. The number of nitrogens with zero attached hydrogens (tertiary/aromatic N) is 2. The van der Waals surface area contributed by atoms with Crippen molar-refractivity contribution in [3.63, 3.8) is 0 Å². The molecule has 0 bridgehead atoms. The molecule has 0 saturated carbocycles. The van der Waals surface area contributed by atoms with E-state index in [1.54, 1.807) is 0 Å². The fraction of sp³-hybridized carbons (Fsp3) is 0.965. The van der Waals surface area contributed by atoms with E-state index < -0.39 is 33.8 Å². The zero-order valence-electron chi connectivity index (χ0n) is 70.9. The molecule has 6 atom stereocenters. The molecule has 0 fully saturated rings. The number of unbranched alkanes of at least 4 members (excludes halogenated alkanes) is 48. The molecular formula is C85H170N4Na2O13P2. The van der Waals surface area contributed by atoms with Gasteiger partial charge in [0.1, 0.15) is 0 Å². The number of amides is 4. The number of carbonyl (C=O) groups excluding carboxylic acids is 3. The molecule has 2 unspecified atom stereocenters. The first-order valence-electron chi connectivity index (χ1n) is 44.6. The van der Waals surface area contributed by atoms with E-state index in [-0.39, 0.29) is 124 Å². The number of hydrogen-bond acceptors (Lipinski definition) is 11. The van der Waals surface area contributed by atoms with Crippen molar-refractivity contribution in [3.05, 3.63) is 10.6 Å². The Bertz CT molecular complexity index is 1810. The Hall–Kier alpha value is 0.350. The smallest absolute Gasteiger partial charge is 0.647 e. The first-order valence-corrected chi connectivity index (χ1v) is 47.6. The van der Waals surface area contributed by atoms with Crippen LogP contribution in [-0.4, -0.2) is 106 Å². The third-order valence-electron chi connectivity index (χ3n) is 20.6. The quantitative estimate of drug-likeness (QED) is 0.0252. The van der Waals surface area contributed by atoms with E-state index in [0.29, 0.717) is 37.9 Å². The first kappa shape index (κ1) is 111. The minimum atomic E-state index is -4.64. The molecule has 0 aliphatic carbocycles. The number of rotatable bonds is 86. The molecule has 106 heavy (non-hydrogen) atoms. The molecule has 4 amide bonds. The Morgan fingerprint density at radius 3 is 0.745 bits per heavy atom. The van der Waals surface area contributed by atoms with Gasteiger partial charge in [0.15, 0.2) is 0 Å². The van der Waals surface area contributed by atoms with E-state index >= 15 is 0 Å². The summed E-state index contributed by atoms with van der Waals surface area (Å²) in [4.78, 5) is 60.7. The largest absolute Gasteiger partial charge is 1.00 e. The van der Waals surface area contributed by atoms with Crippen LogP contribution in [-0.2, 0) is 46.3 Å². The number of urea groups is 1. The van der Waals surface area contributed by atoms with Gasteiger partial charge >= 0.3 is 80.8 Å². The van der Waals surface area contributed by atoms with Crippen molar-refractivity contribution in [1.82, 2.24) is 10.6 Å². The van der Waals surface area contributed by atoms with Crippen LogP contribution in [0.5, 0.6) is 0 Å². The summed E-state index contributed by atoms with van der Waals surface area (Å²) in [5.74, 6) is 0.561. The topological polar surface area (TPSA) is 233 Å². The summed E-state index contributed by atoms with van der Waals surface area (Å²) < 4.78 is 60.1. The summed E-state index contributed by atoms with van der Waals surface area (Å²) in [7, 11) is -9.28. The number of nitrogens with one attached hydrogen (secondary N) is 2. The van der Waals surface area contributed by atoms with Gasteiger partial charge in [-0.1, -0.05) is 413 Å². The van der Waals surface area contributed by atoms with Gasteiger partial charge in [-0.2, -0.15) is 0 Å². The summed E-state index contributed by atoms with van der Waals surface area (Å²) in [6.45, 7) is 12.9. The van der Waals surface area contributed by atoms with E-state index in [4.69, 9.17) is 27.6 Å². The maximum Gasteiger partial charge on any atom is 1.00 e. The Morgan fingerprint density at radius 2 is 0.509 bits per heavy atom. The zero-order valence-corrected chi connectivity index (χ0v) is 76.7. The second-order valence-corrected chi connectivity index (χ2v) is 33.7. The van der Waals surface area contributed by atoms with Gasteiger partial charge in [-0.3, -0.25) is 18.1 Å². The average molecular weight is 1560 g/mol. The Kier molecular flexibility index (Phi) is 89.9. The number of ether oxygens (including phenoxy) is 2. The summed E-state index contributed by atoms with van der Waals surface area (Å²) in [6.07, 6.45) is 74.4. The molecular weight excluding hydrogens is 1390 g/mol. The molecule has 0 radical (unpaired) electrons. The van der Waals surface area contributed by atoms with Crippen molar-refractivity contribution in [2.45, 2.75) is 452 Å². The van der Waals surface area contributed by atoms with Gasteiger partial charge in [0, 0.05) is 52.7 Å². The first-order chi connectivity index (χ1) is 50.7. The van der Waals surface area contributed by atoms with Gasteiger partial charge in [-0.25, -0.2) is 13.9 Å². The summed E-state index contributed by atoms with van der Waals surface area (Å²) >= 11 is 0. The van der Waals surface area contributed by atoms with Crippen LogP contribution in [0.3, 0.4) is 0 Å². The van der Waals surface area contributed by atoms with Crippen molar-refractivity contribution in [3.8, 4) is 0 Å². The molecule has 0 aromatic heterocycles. The van der Waals surface area contributed by atoms with E-state index in [9.17, 15) is 33.3 Å². The van der Waals surface area contributed by atoms with Gasteiger partial charge in [-0.15, -0.1) is 0 Å². The van der Waals surface area contributed by atoms with Crippen LogP contribution in [0.15, 0.2) is 0 Å². The van der Waals surface area contributed by atoms with Crippen molar-refractivity contribution in [2.24, 2.45) is 11.8 Å². The van der Waals surface area contributed by atoms with Crippen LogP contribution in [0.4, 0.5) is 4.79 Å². The Morgan fingerprint density at radius 1 is 0.292 bits per heavy atom. The molecule has 620 valence electrons. The molecule has 0 saturated heterocycles. The summed E-state index contributed by atoms with van der Waals surface area (Å²) in [6, 6.07) is -2.28. The third-order valence-corrected chi connectivity index (χ3v) is 22.6. The fourth-order valence-electron chi connectivity index (χ4n) is 13.9. The molecule has 0 aliphatic rings. The van der Waals surface area contributed by atoms with Crippen LogP contribution in [0.1, 0.15) is 440 Å². The second kappa shape index (κ2) is 86.2. The molecule has 0 rings (SSSR count). The number of phosphoric acid groups is 2. The van der Waals surface area contributed by atoms with Crippen LogP contribution in [0.2, 0.25) is 0 Å². The predicted molar refractivity (Wildman–Crippen MR) is 438 cm³/mol. The monoisotopic (exact) mass is 1560 g/mol. The van der Waals surface area contributed by atoms with Crippen molar-refractivity contribution < 1.29 is 120 Å². The van der Waals surface area contributed by atoms with Crippen molar-refractivity contribution in [2.75, 3.05) is 65.9 Å². The molecule has 0 aromatic rings. The number of hydrogen-bond donors (Lipinski definition) is 4. The van der Waals surface area contributed by atoms with Gasteiger partial charge < -0.3 is 50.1 Å². The maximum atomic E-state index is 13.3. The van der Waals surface area contributed by atoms with Gasteiger partial charge in [0.25, 0.3) is 0 Å². The third kappa shape index (κ3) is 82.3. The molecule has 0 aromatic carbocycles. The van der Waals surface area contributed by atoms with Crippen LogP contribution in [0.25, 0.3) is 10.6 Å². The van der Waals surface area contributed by atoms with Crippen molar-refractivity contribution in [1.29, 1.82) is 0 Å². The van der Waals surface area contributed by atoms with Crippen LogP contribution in [0, 0.1) is 11.8 Å². The number of phosphoric ester groups is 2. The molecule has 0 heterocycles. The molecule has 17 nitrogen and oxygen atoms in total. The zero-order chi connectivity index (χ0) is 76.0. The normalized spacial score (nSPS) is 13.8. The Balaban J connectivity index is -0.0000530. The van der Waals surface area contributed by atoms with E-state index in [1.165, 1.54) is 321 Å². The van der Waals surface area contributed by atoms with Gasteiger partial charge in [-0.05, 0) is 50.4 Å². The predicted octanol–water partition coefficient (Wildman–Crippen LogP) is 20.7. The maximum absolute atomic E-state index is 13.3. The molecule has 21 heteroatoms. The molecule has 4 N–H and O–H groups in total. The summed E-state index contributed by atoms with van der Waals surface area (Å²) in [5.41, 5.74) is 0. The average Bonchev–Trinajstić information content (AvgIpc) is 0.918. The summed E-state index contributed by atoms with van der Waals surface area (Å²) in [5, 5.41) is 13.9. The van der Waals surface area contributed by atoms with E-state index in [0.717, 1.165) is 64.2 Å². The second-order valence-electron chi connectivity index (χ2n) is 30.8. The van der Waals surface area contributed by atoms with E-state index in [2.05, 4.69) is 62.8 Å².